The van der Waals surface area contributed by atoms with Crippen molar-refractivity contribution in [2.75, 3.05) is 0 Å². The molecule has 0 rings (SSSR count). The summed E-state index contributed by atoms with van der Waals surface area (Å²) < 4.78 is 5.03. The summed E-state index contributed by atoms with van der Waals surface area (Å²) in [5.74, 6) is -0.396. The van der Waals surface area contributed by atoms with Crippen molar-refractivity contribution in [1.29, 1.82) is 0 Å². The molecule has 0 heterocycles. The van der Waals surface area contributed by atoms with E-state index in [1.807, 2.05) is 13.8 Å². The van der Waals surface area contributed by atoms with Crippen molar-refractivity contribution in [3.63, 3.8) is 0 Å². The topological polar surface area (TPSA) is 44.8 Å². The molecule has 0 saturated heterocycles. The second-order valence-electron chi connectivity index (χ2n) is 6.93. The fourth-order valence-electron chi connectivity index (χ4n) is 1.89. The number of esters is 1. The first-order valence-electron chi connectivity index (χ1n) is 6.65. The molecule has 0 aliphatic rings. The van der Waals surface area contributed by atoms with E-state index in [1.165, 1.54) is 6.26 Å². The molecule has 0 aliphatic carbocycles. The summed E-state index contributed by atoms with van der Waals surface area (Å²) in [6.45, 7) is 15.5. The van der Waals surface area contributed by atoms with Crippen LogP contribution in [0.5, 0.6) is 0 Å². The van der Waals surface area contributed by atoms with Crippen molar-refractivity contribution in [3.8, 4) is 0 Å². The van der Waals surface area contributed by atoms with Gasteiger partial charge in [-0.05, 0) is 46.5 Å². The minimum Gasteiger partial charge on any atom is -0.460 e. The predicted molar refractivity (Wildman–Crippen MR) is 75.3 cm³/mol. The van der Waals surface area contributed by atoms with E-state index in [0.29, 0.717) is 5.57 Å². The lowest BCUT2D eigenvalue weighted by Crippen LogP contribution is -2.29. The molecule has 0 unspecified atom stereocenters. The average molecular weight is 272 g/mol. The molecular weight excluding hydrogens is 244 g/mol. The van der Waals surface area contributed by atoms with Crippen molar-refractivity contribution in [2.24, 2.45) is 5.41 Å². The minimum atomic E-state index is -0.420. The number of carbonyl (C=O) groups is 1. The van der Waals surface area contributed by atoms with Gasteiger partial charge in [0.15, 0.2) is 0 Å². The van der Waals surface area contributed by atoms with E-state index in [-0.39, 0.29) is 11.5 Å². The zero-order valence-electron chi connectivity index (χ0n) is 13.5. The largest absolute Gasteiger partial charge is 0.460 e. The van der Waals surface area contributed by atoms with Gasteiger partial charge in [0.25, 0.3) is 0 Å². The Balaban J connectivity index is 4.30. The zero-order chi connectivity index (χ0) is 15.3. The highest BCUT2D eigenvalue weighted by Crippen LogP contribution is 2.29. The van der Waals surface area contributed by atoms with Crippen LogP contribution in [0.25, 0.3) is 0 Å². The van der Waals surface area contributed by atoms with Gasteiger partial charge < -0.3 is 9.62 Å². The Hall–Kier alpha value is -1.03. The van der Waals surface area contributed by atoms with Gasteiger partial charge in [-0.3, -0.25) is 0 Å². The molecular formula is C15H28O4. The Kier molecular flexibility index (Phi) is 6.57. The summed E-state index contributed by atoms with van der Waals surface area (Å²) in [4.78, 5) is 21.9. The minimum absolute atomic E-state index is 0.141. The van der Waals surface area contributed by atoms with Crippen LogP contribution in [0.4, 0.5) is 0 Å². The first-order chi connectivity index (χ1) is 8.43. The van der Waals surface area contributed by atoms with Gasteiger partial charge in [-0.1, -0.05) is 20.8 Å². The lowest BCUT2D eigenvalue weighted by Gasteiger charge is -2.30. The summed E-state index contributed by atoms with van der Waals surface area (Å²) in [7, 11) is 0. The molecule has 112 valence electrons. The summed E-state index contributed by atoms with van der Waals surface area (Å²) in [5, 5.41) is 0. The molecule has 0 amide bonds. The SMILES string of the molecule is CC(=COOC(C)(C)CC(C)(C)C)C(=O)OC(C)C. The van der Waals surface area contributed by atoms with Gasteiger partial charge in [-0.25, -0.2) is 4.79 Å². The van der Waals surface area contributed by atoms with Crippen LogP contribution in [0.15, 0.2) is 11.8 Å². The molecule has 0 aromatic heterocycles. The monoisotopic (exact) mass is 272 g/mol. The smallest absolute Gasteiger partial charge is 0.337 e. The molecule has 4 heteroatoms. The lowest BCUT2D eigenvalue weighted by atomic mass is 9.84. The van der Waals surface area contributed by atoms with Crippen molar-refractivity contribution in [2.45, 2.75) is 73.5 Å². The Morgan fingerprint density at radius 2 is 1.68 bits per heavy atom. The first-order valence-corrected chi connectivity index (χ1v) is 6.65. The molecule has 0 aromatic carbocycles. The van der Waals surface area contributed by atoms with Crippen LogP contribution in [0, 0.1) is 5.41 Å². The molecule has 0 aromatic rings. The Bertz CT molecular complexity index is 322. The Morgan fingerprint density at radius 1 is 1.16 bits per heavy atom. The van der Waals surface area contributed by atoms with Gasteiger partial charge >= 0.3 is 5.97 Å². The summed E-state index contributed by atoms with van der Waals surface area (Å²) in [5.41, 5.74) is 0.0966. The highest BCUT2D eigenvalue weighted by Gasteiger charge is 2.27. The average Bonchev–Trinajstić information content (AvgIpc) is 2.11. The summed E-state index contributed by atoms with van der Waals surface area (Å²) in [6, 6.07) is 0. The van der Waals surface area contributed by atoms with Gasteiger partial charge in [-0.15, -0.1) is 0 Å². The van der Waals surface area contributed by atoms with E-state index in [9.17, 15) is 4.79 Å². The highest BCUT2D eigenvalue weighted by molar-refractivity contribution is 5.87. The number of ether oxygens (including phenoxy) is 1. The molecule has 0 fully saturated rings. The van der Waals surface area contributed by atoms with Crippen molar-refractivity contribution in [3.05, 3.63) is 11.8 Å². The normalized spacial score (nSPS) is 13.6. The van der Waals surface area contributed by atoms with E-state index in [0.717, 1.165) is 6.42 Å². The molecule has 19 heavy (non-hydrogen) atoms. The number of rotatable bonds is 6. The molecule has 0 N–H and O–H groups in total. The van der Waals surface area contributed by atoms with Crippen molar-refractivity contribution < 1.29 is 19.3 Å². The first kappa shape index (κ1) is 18.0. The third kappa shape index (κ3) is 9.54. The van der Waals surface area contributed by atoms with Crippen LogP contribution in [0.3, 0.4) is 0 Å². The standard InChI is InChI=1S/C15H28O4/c1-11(2)18-13(16)12(3)9-17-19-15(7,8)10-14(4,5)6/h9,11H,10H2,1-8H3. The molecule has 0 bridgehead atoms. The number of hydrogen-bond donors (Lipinski definition) is 0. The molecule has 0 atom stereocenters. The van der Waals surface area contributed by atoms with Crippen molar-refractivity contribution >= 4 is 5.97 Å². The van der Waals surface area contributed by atoms with Gasteiger partial charge in [0, 0.05) is 0 Å². The fourth-order valence-corrected chi connectivity index (χ4v) is 1.89. The van der Waals surface area contributed by atoms with E-state index in [4.69, 9.17) is 14.5 Å². The molecule has 0 aliphatic heterocycles. The van der Waals surface area contributed by atoms with Crippen molar-refractivity contribution in [1.82, 2.24) is 0 Å². The Morgan fingerprint density at radius 3 is 2.11 bits per heavy atom. The van der Waals surface area contributed by atoms with E-state index < -0.39 is 11.6 Å². The maximum Gasteiger partial charge on any atom is 0.337 e. The lowest BCUT2D eigenvalue weighted by molar-refractivity contribution is -0.322. The van der Waals surface area contributed by atoms with Gasteiger partial charge in [-0.2, -0.15) is 4.89 Å². The third-order valence-electron chi connectivity index (χ3n) is 2.12. The van der Waals surface area contributed by atoms with E-state index in [2.05, 4.69) is 20.8 Å². The maximum atomic E-state index is 11.5. The number of carbonyl (C=O) groups excluding carboxylic acids is 1. The van der Waals surface area contributed by atoms with Crippen LogP contribution >= 0.6 is 0 Å². The summed E-state index contributed by atoms with van der Waals surface area (Å²) in [6.07, 6.45) is 1.98. The van der Waals surface area contributed by atoms with Gasteiger partial charge in [0.1, 0.15) is 11.9 Å². The van der Waals surface area contributed by atoms with E-state index in [1.54, 1.807) is 20.8 Å². The second-order valence-corrected chi connectivity index (χ2v) is 6.93. The maximum absolute atomic E-state index is 11.5. The molecule has 4 nitrogen and oxygen atoms in total. The quantitative estimate of drug-likeness (QED) is 0.241. The fraction of sp³-hybridized carbons (Fsp3) is 0.800. The predicted octanol–water partition coefficient (Wildman–Crippen LogP) is 4.00. The molecule has 0 spiro atoms. The van der Waals surface area contributed by atoms with Crippen LogP contribution in [-0.4, -0.2) is 17.7 Å². The third-order valence-corrected chi connectivity index (χ3v) is 2.12. The molecule has 0 radical (unpaired) electrons. The van der Waals surface area contributed by atoms with Crippen LogP contribution < -0.4 is 0 Å². The van der Waals surface area contributed by atoms with Crippen LogP contribution in [0.2, 0.25) is 0 Å². The zero-order valence-corrected chi connectivity index (χ0v) is 13.5. The highest BCUT2D eigenvalue weighted by atomic mass is 17.2. The van der Waals surface area contributed by atoms with Gasteiger partial charge in [0.2, 0.25) is 0 Å². The number of hydrogen-bond acceptors (Lipinski definition) is 4. The second kappa shape index (κ2) is 6.94. The summed E-state index contributed by atoms with van der Waals surface area (Å²) >= 11 is 0. The molecule has 0 saturated carbocycles. The van der Waals surface area contributed by atoms with Crippen LogP contribution in [0.1, 0.15) is 61.8 Å². The Labute approximate surface area is 117 Å². The van der Waals surface area contributed by atoms with E-state index >= 15 is 0 Å². The van der Waals surface area contributed by atoms with Gasteiger partial charge in [0.05, 0.1) is 11.7 Å². The van der Waals surface area contributed by atoms with Crippen LogP contribution in [-0.2, 0) is 19.3 Å².